The van der Waals surface area contributed by atoms with Crippen molar-refractivity contribution in [2.24, 2.45) is 0 Å². The highest BCUT2D eigenvalue weighted by Gasteiger charge is 2.15. The Balaban J connectivity index is 2.75. The molecule has 0 radical (unpaired) electrons. The van der Waals surface area contributed by atoms with E-state index < -0.39 is 0 Å². The van der Waals surface area contributed by atoms with Gasteiger partial charge >= 0.3 is 5.97 Å². The molecule has 0 N–H and O–H groups in total. The van der Waals surface area contributed by atoms with E-state index in [0.29, 0.717) is 12.3 Å². The van der Waals surface area contributed by atoms with Gasteiger partial charge in [-0.15, -0.1) is 0 Å². The highest BCUT2D eigenvalue weighted by molar-refractivity contribution is 5.69. The molecule has 3 heteroatoms. The van der Waals surface area contributed by atoms with Gasteiger partial charge in [-0.1, -0.05) is 25.1 Å². The molecule has 1 atom stereocenters. The SMILES string of the molecule is CCC(CCC(=O)OC)c1ccccc1OC. The van der Waals surface area contributed by atoms with Gasteiger partial charge in [-0.3, -0.25) is 4.79 Å². The van der Waals surface area contributed by atoms with Crippen molar-refractivity contribution in [3.63, 3.8) is 0 Å². The van der Waals surface area contributed by atoms with Crippen LogP contribution in [0.15, 0.2) is 24.3 Å². The van der Waals surface area contributed by atoms with E-state index in [-0.39, 0.29) is 5.97 Å². The van der Waals surface area contributed by atoms with E-state index in [1.54, 1.807) is 7.11 Å². The summed E-state index contributed by atoms with van der Waals surface area (Å²) in [5.74, 6) is 1.08. The Kier molecular flexibility index (Phi) is 5.53. The van der Waals surface area contributed by atoms with Crippen LogP contribution in [0.3, 0.4) is 0 Å². The fourth-order valence-electron chi connectivity index (χ4n) is 1.98. The average molecular weight is 236 g/mol. The van der Waals surface area contributed by atoms with Crippen molar-refractivity contribution in [3.8, 4) is 5.75 Å². The van der Waals surface area contributed by atoms with E-state index in [0.717, 1.165) is 18.6 Å². The van der Waals surface area contributed by atoms with Crippen LogP contribution in [0.1, 0.15) is 37.7 Å². The zero-order chi connectivity index (χ0) is 12.7. The maximum Gasteiger partial charge on any atom is 0.305 e. The second kappa shape index (κ2) is 6.94. The number of carbonyl (C=O) groups excluding carboxylic acids is 1. The quantitative estimate of drug-likeness (QED) is 0.712. The summed E-state index contributed by atoms with van der Waals surface area (Å²) in [6, 6.07) is 7.97. The third-order valence-corrected chi connectivity index (χ3v) is 3.00. The smallest absolute Gasteiger partial charge is 0.305 e. The molecule has 17 heavy (non-hydrogen) atoms. The van der Waals surface area contributed by atoms with Crippen LogP contribution in [-0.4, -0.2) is 20.2 Å². The molecule has 3 nitrogen and oxygen atoms in total. The van der Waals surface area contributed by atoms with Crippen molar-refractivity contribution in [3.05, 3.63) is 29.8 Å². The number of benzene rings is 1. The maximum absolute atomic E-state index is 11.2. The molecular formula is C14H20O3. The summed E-state index contributed by atoms with van der Waals surface area (Å²) < 4.78 is 10.0. The standard InChI is InChI=1S/C14H20O3/c1-4-11(9-10-14(15)17-3)12-7-5-6-8-13(12)16-2/h5-8,11H,4,9-10H2,1-3H3. The summed E-state index contributed by atoms with van der Waals surface area (Å²) in [5, 5.41) is 0. The molecule has 0 heterocycles. The van der Waals surface area contributed by atoms with Gasteiger partial charge in [0.2, 0.25) is 0 Å². The summed E-state index contributed by atoms with van der Waals surface area (Å²) in [6.45, 7) is 2.12. The zero-order valence-electron chi connectivity index (χ0n) is 10.7. The summed E-state index contributed by atoms with van der Waals surface area (Å²) >= 11 is 0. The van der Waals surface area contributed by atoms with Crippen LogP contribution >= 0.6 is 0 Å². The Hall–Kier alpha value is -1.51. The van der Waals surface area contributed by atoms with Crippen molar-refractivity contribution < 1.29 is 14.3 Å². The Bertz CT molecular complexity index is 360. The molecule has 1 unspecified atom stereocenters. The van der Waals surface area contributed by atoms with Crippen molar-refractivity contribution in [1.82, 2.24) is 0 Å². The average Bonchev–Trinajstić information content (AvgIpc) is 2.39. The Morgan fingerprint density at radius 1 is 1.29 bits per heavy atom. The van der Waals surface area contributed by atoms with Crippen molar-refractivity contribution in [1.29, 1.82) is 0 Å². The molecule has 0 fully saturated rings. The van der Waals surface area contributed by atoms with E-state index in [2.05, 4.69) is 17.7 Å². The van der Waals surface area contributed by atoms with Gasteiger partial charge in [0, 0.05) is 6.42 Å². The van der Waals surface area contributed by atoms with Crippen LogP contribution in [0, 0.1) is 0 Å². The molecule has 0 spiro atoms. The first kappa shape index (κ1) is 13.6. The zero-order valence-corrected chi connectivity index (χ0v) is 10.7. The first-order chi connectivity index (χ1) is 8.22. The minimum atomic E-state index is -0.154. The number of carbonyl (C=O) groups is 1. The van der Waals surface area contributed by atoms with E-state index in [1.165, 1.54) is 12.7 Å². The number of ether oxygens (including phenoxy) is 2. The van der Waals surface area contributed by atoms with Gasteiger partial charge in [0.05, 0.1) is 14.2 Å². The molecule has 0 aromatic heterocycles. The van der Waals surface area contributed by atoms with Gasteiger partial charge in [0.15, 0.2) is 0 Å². The molecule has 0 aliphatic carbocycles. The molecule has 0 aliphatic rings. The number of rotatable bonds is 6. The van der Waals surface area contributed by atoms with Gasteiger partial charge in [-0.05, 0) is 30.4 Å². The van der Waals surface area contributed by atoms with Crippen molar-refractivity contribution in [2.45, 2.75) is 32.1 Å². The summed E-state index contributed by atoms with van der Waals surface area (Å²) in [5.41, 5.74) is 1.17. The molecule has 1 rings (SSSR count). The lowest BCUT2D eigenvalue weighted by molar-refractivity contribution is -0.140. The summed E-state index contributed by atoms with van der Waals surface area (Å²) in [4.78, 5) is 11.2. The van der Waals surface area contributed by atoms with Crippen LogP contribution in [0.4, 0.5) is 0 Å². The molecule has 0 saturated heterocycles. The number of hydrogen-bond donors (Lipinski definition) is 0. The van der Waals surface area contributed by atoms with Gasteiger partial charge < -0.3 is 9.47 Å². The lowest BCUT2D eigenvalue weighted by Gasteiger charge is -2.17. The normalized spacial score (nSPS) is 11.9. The Morgan fingerprint density at radius 3 is 2.59 bits per heavy atom. The third-order valence-electron chi connectivity index (χ3n) is 3.00. The van der Waals surface area contributed by atoms with Crippen LogP contribution < -0.4 is 4.74 Å². The van der Waals surface area contributed by atoms with Crippen LogP contribution in [-0.2, 0) is 9.53 Å². The van der Waals surface area contributed by atoms with Gasteiger partial charge in [0.25, 0.3) is 0 Å². The fourth-order valence-corrected chi connectivity index (χ4v) is 1.98. The number of para-hydroxylation sites is 1. The minimum absolute atomic E-state index is 0.154. The number of hydrogen-bond acceptors (Lipinski definition) is 3. The monoisotopic (exact) mass is 236 g/mol. The molecular weight excluding hydrogens is 216 g/mol. The predicted molar refractivity (Wildman–Crippen MR) is 67.3 cm³/mol. The lowest BCUT2D eigenvalue weighted by atomic mass is 9.91. The van der Waals surface area contributed by atoms with E-state index >= 15 is 0 Å². The topological polar surface area (TPSA) is 35.5 Å². The van der Waals surface area contributed by atoms with Crippen LogP contribution in [0.2, 0.25) is 0 Å². The molecule has 1 aromatic rings. The van der Waals surface area contributed by atoms with Crippen molar-refractivity contribution >= 4 is 5.97 Å². The first-order valence-electron chi connectivity index (χ1n) is 5.92. The summed E-state index contributed by atoms with van der Waals surface area (Å²) in [6.07, 6.45) is 2.23. The van der Waals surface area contributed by atoms with Gasteiger partial charge in [-0.2, -0.15) is 0 Å². The van der Waals surface area contributed by atoms with E-state index in [1.807, 2.05) is 18.2 Å². The Morgan fingerprint density at radius 2 is 2.00 bits per heavy atom. The molecule has 0 saturated carbocycles. The second-order valence-electron chi connectivity index (χ2n) is 3.96. The molecule has 1 aromatic carbocycles. The lowest BCUT2D eigenvalue weighted by Crippen LogP contribution is -2.06. The summed E-state index contributed by atoms with van der Waals surface area (Å²) in [7, 11) is 3.10. The van der Waals surface area contributed by atoms with E-state index in [4.69, 9.17) is 4.74 Å². The maximum atomic E-state index is 11.2. The van der Waals surface area contributed by atoms with Crippen molar-refractivity contribution in [2.75, 3.05) is 14.2 Å². The largest absolute Gasteiger partial charge is 0.496 e. The van der Waals surface area contributed by atoms with Gasteiger partial charge in [0.1, 0.15) is 5.75 Å². The third kappa shape index (κ3) is 3.77. The number of methoxy groups -OCH3 is 2. The fraction of sp³-hybridized carbons (Fsp3) is 0.500. The second-order valence-corrected chi connectivity index (χ2v) is 3.96. The predicted octanol–water partition coefficient (Wildman–Crippen LogP) is 3.14. The molecule has 0 bridgehead atoms. The molecule has 0 aliphatic heterocycles. The Labute approximate surface area is 103 Å². The van der Waals surface area contributed by atoms with Crippen LogP contribution in [0.5, 0.6) is 5.75 Å². The molecule has 0 amide bonds. The van der Waals surface area contributed by atoms with E-state index in [9.17, 15) is 4.79 Å². The number of esters is 1. The highest BCUT2D eigenvalue weighted by atomic mass is 16.5. The molecule has 94 valence electrons. The van der Waals surface area contributed by atoms with Crippen LogP contribution in [0.25, 0.3) is 0 Å². The first-order valence-corrected chi connectivity index (χ1v) is 5.92. The minimum Gasteiger partial charge on any atom is -0.496 e. The highest BCUT2D eigenvalue weighted by Crippen LogP contribution is 2.31. The van der Waals surface area contributed by atoms with Gasteiger partial charge in [-0.25, -0.2) is 0 Å².